The molecule has 0 unspecified atom stereocenters. The summed E-state index contributed by atoms with van der Waals surface area (Å²) in [5.74, 6) is 0. The van der Waals surface area contributed by atoms with Crippen LogP contribution in [-0.2, 0) is 6.42 Å². The van der Waals surface area contributed by atoms with E-state index in [1.165, 1.54) is 12.0 Å². The van der Waals surface area contributed by atoms with Gasteiger partial charge in [-0.3, -0.25) is 0 Å². The number of oxime groups is 1. The maximum atomic E-state index is 8.85. The minimum atomic E-state index is 0.841. The summed E-state index contributed by atoms with van der Waals surface area (Å²) in [4.78, 5) is 0. The van der Waals surface area contributed by atoms with Crippen molar-refractivity contribution in [3.8, 4) is 0 Å². The van der Waals surface area contributed by atoms with Gasteiger partial charge in [-0.1, -0.05) is 29.4 Å². The Hall–Kier alpha value is -1.31. The zero-order valence-corrected chi connectivity index (χ0v) is 7.53. The summed E-state index contributed by atoms with van der Waals surface area (Å²) in [5, 5.41) is 12.2. The minimum absolute atomic E-state index is 0.841. The van der Waals surface area contributed by atoms with Crippen molar-refractivity contribution < 1.29 is 5.21 Å². The van der Waals surface area contributed by atoms with E-state index in [1.807, 2.05) is 18.2 Å². The Morgan fingerprint density at radius 3 is 2.69 bits per heavy atom. The van der Waals surface area contributed by atoms with E-state index in [2.05, 4.69) is 11.2 Å². The normalized spacial score (nSPS) is 19.5. The molecule has 0 bridgehead atoms. The van der Waals surface area contributed by atoms with Crippen molar-refractivity contribution in [2.24, 2.45) is 5.16 Å². The minimum Gasteiger partial charge on any atom is -0.411 e. The topological polar surface area (TPSA) is 32.6 Å². The van der Waals surface area contributed by atoms with Gasteiger partial charge in [0.15, 0.2) is 0 Å². The first-order valence-corrected chi connectivity index (χ1v) is 4.71. The largest absolute Gasteiger partial charge is 0.411 e. The number of aryl methyl sites for hydroxylation is 1. The van der Waals surface area contributed by atoms with E-state index < -0.39 is 0 Å². The SMILES string of the molecule is O/N=C1/CCCCc2ccccc21. The molecule has 0 aliphatic heterocycles. The second kappa shape index (κ2) is 3.60. The first-order chi connectivity index (χ1) is 6.42. The Kier molecular flexibility index (Phi) is 2.30. The first kappa shape index (κ1) is 8.30. The van der Waals surface area contributed by atoms with E-state index in [0.717, 1.165) is 30.5 Å². The van der Waals surface area contributed by atoms with Gasteiger partial charge in [0.05, 0.1) is 5.71 Å². The highest BCUT2D eigenvalue weighted by Crippen LogP contribution is 2.20. The summed E-state index contributed by atoms with van der Waals surface area (Å²) in [6.07, 6.45) is 4.31. The molecule has 0 atom stereocenters. The monoisotopic (exact) mass is 175 g/mol. The van der Waals surface area contributed by atoms with Gasteiger partial charge in [0.25, 0.3) is 0 Å². The molecule has 2 nitrogen and oxygen atoms in total. The molecule has 1 aliphatic carbocycles. The lowest BCUT2D eigenvalue weighted by atomic mass is 10.0. The van der Waals surface area contributed by atoms with Crippen molar-refractivity contribution in [3.05, 3.63) is 35.4 Å². The number of rotatable bonds is 0. The summed E-state index contributed by atoms with van der Waals surface area (Å²) in [6.45, 7) is 0. The fourth-order valence-corrected chi connectivity index (χ4v) is 1.87. The Balaban J connectivity index is 2.48. The Morgan fingerprint density at radius 1 is 1.08 bits per heavy atom. The van der Waals surface area contributed by atoms with Crippen LogP contribution in [0.15, 0.2) is 29.4 Å². The van der Waals surface area contributed by atoms with Crippen LogP contribution >= 0.6 is 0 Å². The van der Waals surface area contributed by atoms with Crippen LogP contribution in [-0.4, -0.2) is 10.9 Å². The molecule has 2 rings (SSSR count). The van der Waals surface area contributed by atoms with E-state index in [0.29, 0.717) is 0 Å². The fraction of sp³-hybridized carbons (Fsp3) is 0.364. The number of hydrogen-bond acceptors (Lipinski definition) is 2. The second-order valence-corrected chi connectivity index (χ2v) is 3.41. The summed E-state index contributed by atoms with van der Waals surface area (Å²) in [7, 11) is 0. The summed E-state index contributed by atoms with van der Waals surface area (Å²) in [6, 6.07) is 8.19. The number of nitrogens with zero attached hydrogens (tertiary/aromatic N) is 1. The predicted octanol–water partition coefficient (Wildman–Crippen LogP) is 2.59. The van der Waals surface area contributed by atoms with Gasteiger partial charge in [-0.2, -0.15) is 0 Å². The quantitative estimate of drug-likeness (QED) is 0.367. The van der Waals surface area contributed by atoms with Gasteiger partial charge in [-0.15, -0.1) is 0 Å². The lowest BCUT2D eigenvalue weighted by Gasteiger charge is -2.04. The maximum Gasteiger partial charge on any atom is 0.0870 e. The van der Waals surface area contributed by atoms with Crippen molar-refractivity contribution in [3.63, 3.8) is 0 Å². The molecule has 68 valence electrons. The average molecular weight is 175 g/mol. The van der Waals surface area contributed by atoms with Crippen molar-refractivity contribution in [2.45, 2.75) is 25.7 Å². The lowest BCUT2D eigenvalue weighted by Crippen LogP contribution is -2.01. The molecular formula is C11H13NO. The number of fused-ring (bicyclic) bond motifs is 1. The number of hydrogen-bond donors (Lipinski definition) is 1. The van der Waals surface area contributed by atoms with E-state index in [-0.39, 0.29) is 0 Å². The smallest absolute Gasteiger partial charge is 0.0870 e. The van der Waals surface area contributed by atoms with Gasteiger partial charge in [0.1, 0.15) is 0 Å². The van der Waals surface area contributed by atoms with Gasteiger partial charge in [-0.05, 0) is 31.2 Å². The molecule has 0 aromatic heterocycles. The molecular weight excluding hydrogens is 162 g/mol. The third-order valence-electron chi connectivity index (χ3n) is 2.56. The molecule has 0 radical (unpaired) electrons. The highest BCUT2D eigenvalue weighted by molar-refractivity contribution is 6.01. The summed E-state index contributed by atoms with van der Waals surface area (Å²) >= 11 is 0. The maximum absolute atomic E-state index is 8.85. The van der Waals surface area contributed by atoms with E-state index >= 15 is 0 Å². The van der Waals surface area contributed by atoms with Crippen LogP contribution < -0.4 is 0 Å². The van der Waals surface area contributed by atoms with E-state index in [1.54, 1.807) is 0 Å². The molecule has 0 heterocycles. The Morgan fingerprint density at radius 2 is 1.85 bits per heavy atom. The third-order valence-corrected chi connectivity index (χ3v) is 2.56. The standard InChI is InChI=1S/C11H13NO/c13-12-11-8-4-2-6-9-5-1-3-7-10(9)11/h1,3,5,7,13H,2,4,6,8H2/b12-11-. The fourth-order valence-electron chi connectivity index (χ4n) is 1.87. The molecule has 2 heteroatoms. The summed E-state index contributed by atoms with van der Waals surface area (Å²) < 4.78 is 0. The zero-order valence-electron chi connectivity index (χ0n) is 7.53. The first-order valence-electron chi connectivity index (χ1n) is 4.71. The van der Waals surface area contributed by atoms with Gasteiger partial charge in [0, 0.05) is 5.56 Å². The predicted molar refractivity (Wildman–Crippen MR) is 52.3 cm³/mol. The molecule has 0 fully saturated rings. The molecule has 0 amide bonds. The molecule has 1 aromatic rings. The summed E-state index contributed by atoms with van der Waals surface area (Å²) in [5.41, 5.74) is 3.28. The van der Waals surface area contributed by atoms with Crippen LogP contribution in [0.4, 0.5) is 0 Å². The molecule has 1 aliphatic rings. The molecule has 0 saturated heterocycles. The Bertz CT molecular complexity index is 331. The highest BCUT2D eigenvalue weighted by Gasteiger charge is 2.12. The average Bonchev–Trinajstić information content (AvgIpc) is 2.39. The van der Waals surface area contributed by atoms with Crippen LogP contribution in [0.5, 0.6) is 0 Å². The highest BCUT2D eigenvalue weighted by atomic mass is 16.4. The lowest BCUT2D eigenvalue weighted by molar-refractivity contribution is 0.318. The molecule has 1 N–H and O–H groups in total. The van der Waals surface area contributed by atoms with Gasteiger partial charge in [0.2, 0.25) is 0 Å². The van der Waals surface area contributed by atoms with Crippen molar-refractivity contribution in [1.29, 1.82) is 0 Å². The van der Waals surface area contributed by atoms with E-state index in [4.69, 9.17) is 5.21 Å². The van der Waals surface area contributed by atoms with Crippen LogP contribution in [0.25, 0.3) is 0 Å². The van der Waals surface area contributed by atoms with Gasteiger partial charge < -0.3 is 5.21 Å². The third kappa shape index (κ3) is 1.57. The van der Waals surface area contributed by atoms with Crippen molar-refractivity contribution >= 4 is 5.71 Å². The molecule has 0 saturated carbocycles. The zero-order chi connectivity index (χ0) is 9.10. The van der Waals surface area contributed by atoms with Crippen LogP contribution in [0.1, 0.15) is 30.4 Å². The van der Waals surface area contributed by atoms with E-state index in [9.17, 15) is 0 Å². The van der Waals surface area contributed by atoms with Crippen LogP contribution in [0.2, 0.25) is 0 Å². The van der Waals surface area contributed by atoms with Gasteiger partial charge >= 0.3 is 0 Å². The van der Waals surface area contributed by atoms with Crippen molar-refractivity contribution in [1.82, 2.24) is 0 Å². The van der Waals surface area contributed by atoms with Crippen LogP contribution in [0, 0.1) is 0 Å². The Labute approximate surface area is 77.9 Å². The molecule has 0 spiro atoms. The van der Waals surface area contributed by atoms with Crippen LogP contribution in [0.3, 0.4) is 0 Å². The van der Waals surface area contributed by atoms with Crippen molar-refractivity contribution in [2.75, 3.05) is 0 Å². The molecule has 13 heavy (non-hydrogen) atoms. The van der Waals surface area contributed by atoms with Gasteiger partial charge in [-0.25, -0.2) is 0 Å². The second-order valence-electron chi connectivity index (χ2n) is 3.41. The number of benzene rings is 1. The molecule has 1 aromatic carbocycles.